The molecule has 0 spiro atoms. The molecule has 6 heteroatoms. The number of rotatable bonds is 3. The van der Waals surface area contributed by atoms with Crippen molar-refractivity contribution >= 4 is 53.9 Å². The van der Waals surface area contributed by atoms with Gasteiger partial charge >= 0.3 is 0 Å². The van der Waals surface area contributed by atoms with E-state index in [-0.39, 0.29) is 11.9 Å². The highest BCUT2D eigenvalue weighted by Crippen LogP contribution is 2.39. The number of anilines is 1. The van der Waals surface area contributed by atoms with Crippen LogP contribution >= 0.6 is 22.7 Å². The van der Waals surface area contributed by atoms with Crippen molar-refractivity contribution in [3.8, 4) is 0 Å². The minimum Gasteiger partial charge on any atom is -0.306 e. The summed E-state index contributed by atoms with van der Waals surface area (Å²) in [7, 11) is 0. The van der Waals surface area contributed by atoms with Crippen LogP contribution in [0, 0.1) is 0 Å². The van der Waals surface area contributed by atoms with Gasteiger partial charge in [0.2, 0.25) is 0 Å². The summed E-state index contributed by atoms with van der Waals surface area (Å²) in [4.78, 5) is 13.3. The van der Waals surface area contributed by atoms with Crippen molar-refractivity contribution in [3.63, 3.8) is 0 Å². The van der Waals surface area contributed by atoms with Crippen molar-refractivity contribution in [2.45, 2.75) is 19.9 Å². The van der Waals surface area contributed by atoms with E-state index in [1.807, 2.05) is 42.8 Å². The lowest BCUT2D eigenvalue weighted by Crippen LogP contribution is -2.15. The van der Waals surface area contributed by atoms with E-state index in [1.54, 1.807) is 28.9 Å². The van der Waals surface area contributed by atoms with Gasteiger partial charge in [0.15, 0.2) is 0 Å². The molecule has 23 heavy (non-hydrogen) atoms. The number of thiophene rings is 2. The fraction of sp³-hybridized carbons (Fsp3) is 0.176. The zero-order valence-corrected chi connectivity index (χ0v) is 14.4. The molecular weight excluding hydrogens is 326 g/mol. The van der Waals surface area contributed by atoms with Crippen LogP contribution in [-0.4, -0.2) is 15.7 Å². The average Bonchev–Trinajstić information content (AvgIpc) is 3.20. The Balaban J connectivity index is 1.68. The van der Waals surface area contributed by atoms with Crippen LogP contribution in [0.5, 0.6) is 0 Å². The van der Waals surface area contributed by atoms with E-state index in [2.05, 4.69) is 22.5 Å². The van der Waals surface area contributed by atoms with Gasteiger partial charge in [-0.05, 0) is 26.0 Å². The van der Waals surface area contributed by atoms with E-state index in [4.69, 9.17) is 0 Å². The van der Waals surface area contributed by atoms with Gasteiger partial charge in [-0.3, -0.25) is 4.79 Å². The Hall–Kier alpha value is -2.18. The molecule has 1 aromatic carbocycles. The minimum absolute atomic E-state index is 0.0788. The van der Waals surface area contributed by atoms with Gasteiger partial charge in [-0.1, -0.05) is 18.2 Å². The van der Waals surface area contributed by atoms with E-state index >= 15 is 0 Å². The highest BCUT2D eigenvalue weighted by atomic mass is 32.1. The molecule has 0 unspecified atom stereocenters. The molecule has 4 rings (SSSR count). The number of nitrogens with one attached hydrogen (secondary N) is 1. The van der Waals surface area contributed by atoms with E-state index in [1.165, 1.54) is 19.5 Å². The van der Waals surface area contributed by atoms with Gasteiger partial charge in [-0.15, -0.1) is 22.7 Å². The number of carbonyl (C=O) groups is 1. The van der Waals surface area contributed by atoms with E-state index < -0.39 is 0 Å². The SMILES string of the molecule is CC(C)n1nccc1NC(=O)c1cc2sc3ccccc3c2s1. The third-order valence-electron chi connectivity index (χ3n) is 3.67. The molecule has 3 aromatic heterocycles. The average molecular weight is 341 g/mol. The number of amides is 1. The van der Waals surface area contributed by atoms with Crippen molar-refractivity contribution in [1.82, 2.24) is 9.78 Å². The molecule has 0 bridgehead atoms. The number of nitrogens with zero attached hydrogens (tertiary/aromatic N) is 2. The van der Waals surface area contributed by atoms with Crippen LogP contribution in [0.3, 0.4) is 0 Å². The fourth-order valence-corrected chi connectivity index (χ4v) is 5.03. The summed E-state index contributed by atoms with van der Waals surface area (Å²) in [6, 6.07) is 12.3. The lowest BCUT2D eigenvalue weighted by atomic mass is 10.2. The first kappa shape index (κ1) is 14.4. The first-order valence-corrected chi connectivity index (χ1v) is 9.03. The normalized spacial score (nSPS) is 11.6. The van der Waals surface area contributed by atoms with Crippen molar-refractivity contribution < 1.29 is 4.79 Å². The molecule has 0 atom stereocenters. The molecular formula is C17H15N3OS2. The molecule has 0 radical (unpaired) electrons. The van der Waals surface area contributed by atoms with Crippen molar-refractivity contribution in [3.05, 3.63) is 47.5 Å². The van der Waals surface area contributed by atoms with Gasteiger partial charge in [-0.25, -0.2) is 4.68 Å². The Morgan fingerprint density at radius 3 is 2.83 bits per heavy atom. The summed E-state index contributed by atoms with van der Waals surface area (Å²) in [5.41, 5.74) is 0. The Morgan fingerprint density at radius 1 is 1.17 bits per heavy atom. The van der Waals surface area contributed by atoms with Crippen LogP contribution in [0.2, 0.25) is 0 Å². The minimum atomic E-state index is -0.0788. The fourth-order valence-electron chi connectivity index (χ4n) is 2.61. The standard InChI is InChI=1S/C17H15N3OS2/c1-10(2)20-15(7-8-18-20)19-17(21)14-9-13-16(23-14)11-5-3-4-6-12(11)22-13/h3-10H,1-2H3,(H,19,21). The molecule has 1 N–H and O–H groups in total. The molecule has 4 nitrogen and oxygen atoms in total. The van der Waals surface area contributed by atoms with Crippen LogP contribution in [0.1, 0.15) is 29.6 Å². The summed E-state index contributed by atoms with van der Waals surface area (Å²) in [6.07, 6.45) is 1.70. The van der Waals surface area contributed by atoms with Gasteiger partial charge in [0.05, 0.1) is 15.8 Å². The second-order valence-electron chi connectivity index (χ2n) is 5.61. The largest absolute Gasteiger partial charge is 0.306 e. The van der Waals surface area contributed by atoms with Gasteiger partial charge in [0.25, 0.3) is 5.91 Å². The number of fused-ring (bicyclic) bond motifs is 3. The second kappa shape index (κ2) is 5.47. The summed E-state index contributed by atoms with van der Waals surface area (Å²) in [5, 5.41) is 8.43. The number of carbonyl (C=O) groups excluding carboxylic acids is 1. The van der Waals surface area contributed by atoms with E-state index in [0.717, 1.165) is 10.7 Å². The van der Waals surface area contributed by atoms with Crippen molar-refractivity contribution in [2.24, 2.45) is 0 Å². The van der Waals surface area contributed by atoms with Gasteiger partial charge in [0, 0.05) is 26.9 Å². The van der Waals surface area contributed by atoms with Crippen LogP contribution in [0.4, 0.5) is 5.82 Å². The molecule has 3 heterocycles. The molecule has 116 valence electrons. The highest BCUT2D eigenvalue weighted by Gasteiger charge is 2.16. The third-order valence-corrected chi connectivity index (χ3v) is 6.09. The summed E-state index contributed by atoms with van der Waals surface area (Å²) in [5.74, 6) is 0.650. The number of hydrogen-bond acceptors (Lipinski definition) is 4. The Morgan fingerprint density at radius 2 is 2.00 bits per heavy atom. The molecule has 0 saturated carbocycles. The first-order valence-electron chi connectivity index (χ1n) is 7.39. The van der Waals surface area contributed by atoms with Gasteiger partial charge < -0.3 is 5.32 Å². The van der Waals surface area contributed by atoms with Gasteiger partial charge in [-0.2, -0.15) is 5.10 Å². The quantitative estimate of drug-likeness (QED) is 0.560. The topological polar surface area (TPSA) is 46.9 Å². The van der Waals surface area contributed by atoms with Crippen molar-refractivity contribution in [2.75, 3.05) is 5.32 Å². The molecule has 1 amide bonds. The number of aromatic nitrogens is 2. The van der Waals surface area contributed by atoms with Gasteiger partial charge in [0.1, 0.15) is 5.82 Å². The van der Waals surface area contributed by atoms with Crippen LogP contribution in [0.25, 0.3) is 19.5 Å². The molecule has 0 aliphatic rings. The summed E-state index contributed by atoms with van der Waals surface area (Å²) < 4.78 is 5.42. The Bertz CT molecular complexity index is 1010. The second-order valence-corrected chi connectivity index (χ2v) is 7.75. The van der Waals surface area contributed by atoms with E-state index in [0.29, 0.717) is 0 Å². The maximum atomic E-state index is 12.6. The predicted molar refractivity (Wildman–Crippen MR) is 97.8 cm³/mol. The predicted octanol–water partition coefficient (Wildman–Crippen LogP) is 5.15. The van der Waals surface area contributed by atoms with Crippen LogP contribution < -0.4 is 5.32 Å². The molecule has 4 aromatic rings. The molecule has 0 aliphatic heterocycles. The van der Waals surface area contributed by atoms with E-state index in [9.17, 15) is 4.79 Å². The summed E-state index contributed by atoms with van der Waals surface area (Å²) >= 11 is 3.28. The Kier molecular flexibility index (Phi) is 3.43. The smallest absolute Gasteiger partial charge is 0.266 e. The lowest BCUT2D eigenvalue weighted by Gasteiger charge is -2.11. The van der Waals surface area contributed by atoms with Crippen molar-refractivity contribution in [1.29, 1.82) is 0 Å². The Labute approximate surface area is 141 Å². The zero-order chi connectivity index (χ0) is 16.0. The molecule has 0 fully saturated rings. The first-order chi connectivity index (χ1) is 11.1. The third kappa shape index (κ3) is 2.44. The molecule has 0 aliphatic carbocycles. The maximum absolute atomic E-state index is 12.6. The number of benzene rings is 1. The monoisotopic (exact) mass is 341 g/mol. The maximum Gasteiger partial charge on any atom is 0.266 e. The van der Waals surface area contributed by atoms with Crippen LogP contribution in [-0.2, 0) is 0 Å². The summed E-state index contributed by atoms with van der Waals surface area (Å²) in [6.45, 7) is 4.08. The van der Waals surface area contributed by atoms with Crippen LogP contribution in [0.15, 0.2) is 42.6 Å². The zero-order valence-electron chi connectivity index (χ0n) is 12.7. The lowest BCUT2D eigenvalue weighted by molar-refractivity contribution is 0.102. The highest BCUT2D eigenvalue weighted by molar-refractivity contribution is 7.33. The molecule has 0 saturated heterocycles. The number of hydrogen-bond donors (Lipinski definition) is 1.